The molecule has 4 aromatic rings. The molecule has 0 atom stereocenters. The van der Waals surface area contributed by atoms with Gasteiger partial charge in [0.2, 0.25) is 0 Å². The van der Waals surface area contributed by atoms with E-state index in [4.69, 9.17) is 4.74 Å². The lowest BCUT2D eigenvalue weighted by Gasteiger charge is -2.19. The lowest BCUT2D eigenvalue weighted by Crippen LogP contribution is -2.26. The van der Waals surface area contributed by atoms with Crippen molar-refractivity contribution in [2.24, 2.45) is 7.05 Å². The van der Waals surface area contributed by atoms with Gasteiger partial charge in [-0.25, -0.2) is 0 Å². The topological polar surface area (TPSA) is 99.8 Å². The van der Waals surface area contributed by atoms with E-state index in [-0.39, 0.29) is 23.0 Å². The van der Waals surface area contributed by atoms with Gasteiger partial charge in [-0.15, -0.1) is 0 Å². The summed E-state index contributed by atoms with van der Waals surface area (Å²) in [6.07, 6.45) is 0. The van der Waals surface area contributed by atoms with Crippen molar-refractivity contribution < 1.29 is 19.7 Å². The largest absolute Gasteiger partial charge is 0.508 e. The number of carbonyl (C=O) groups is 1. The molecule has 34 heavy (non-hydrogen) atoms. The number of rotatable bonds is 5. The van der Waals surface area contributed by atoms with E-state index in [1.807, 2.05) is 54.6 Å². The molecular formula is C26H24N4O4. The fourth-order valence-corrected chi connectivity index (χ4v) is 4.22. The van der Waals surface area contributed by atoms with Gasteiger partial charge < -0.3 is 25.2 Å². The summed E-state index contributed by atoms with van der Waals surface area (Å²) in [5.41, 5.74) is 4.12. The number of phenols is 2. The Labute approximate surface area is 196 Å². The van der Waals surface area contributed by atoms with E-state index in [0.29, 0.717) is 30.3 Å². The average Bonchev–Trinajstić information content (AvgIpc) is 3.42. The number of amides is 1. The number of aromatic nitrogens is 2. The molecule has 3 aromatic carbocycles. The first-order chi connectivity index (χ1) is 16.4. The van der Waals surface area contributed by atoms with Gasteiger partial charge in [-0.05, 0) is 23.3 Å². The zero-order valence-corrected chi connectivity index (χ0v) is 18.8. The van der Waals surface area contributed by atoms with Crippen LogP contribution in [0.4, 0.5) is 11.5 Å². The fraction of sp³-hybridized carbons (Fsp3) is 0.154. The molecular weight excluding hydrogens is 432 g/mol. The van der Waals surface area contributed by atoms with Crippen LogP contribution in [-0.4, -0.2) is 37.9 Å². The van der Waals surface area contributed by atoms with Gasteiger partial charge in [0, 0.05) is 43.9 Å². The Morgan fingerprint density at radius 1 is 1.00 bits per heavy atom. The smallest absolute Gasteiger partial charge is 0.260 e. The number of nitrogens with zero attached hydrogens (tertiary/aromatic N) is 3. The Balaban J connectivity index is 1.47. The molecule has 0 unspecified atom stereocenters. The lowest BCUT2D eigenvalue weighted by atomic mass is 10.1. The molecule has 172 valence electrons. The maximum atomic E-state index is 13.4. The second kappa shape index (κ2) is 8.47. The van der Waals surface area contributed by atoms with Crippen molar-refractivity contribution in [1.82, 2.24) is 14.7 Å². The maximum absolute atomic E-state index is 13.4. The van der Waals surface area contributed by atoms with Crippen LogP contribution >= 0.6 is 0 Å². The predicted octanol–water partition coefficient (Wildman–Crippen LogP) is 4.41. The van der Waals surface area contributed by atoms with Crippen LogP contribution in [0.5, 0.6) is 17.2 Å². The van der Waals surface area contributed by atoms with Crippen molar-refractivity contribution in [2.45, 2.75) is 13.1 Å². The fourth-order valence-electron chi connectivity index (χ4n) is 4.22. The number of nitrogens with one attached hydrogen (secondary N) is 1. The number of ether oxygens (including phenoxy) is 1. The standard InChI is InChI=1S/C26H24N4O4/c1-29-24(13-21(28-29)16-8-5-9-20(10-16)34-2)27-22-11-19(31)12-23(32)25(22)26(33)30-14-17-6-3-4-7-18(17)15-30/h3-13,27,31-32H,14-15H2,1-2H3. The highest BCUT2D eigenvalue weighted by atomic mass is 16.5. The van der Waals surface area contributed by atoms with Crippen molar-refractivity contribution >= 4 is 17.4 Å². The van der Waals surface area contributed by atoms with E-state index in [9.17, 15) is 15.0 Å². The normalized spacial score (nSPS) is 12.5. The Morgan fingerprint density at radius 2 is 1.74 bits per heavy atom. The first kappa shape index (κ1) is 21.4. The Hall–Kier alpha value is -4.46. The van der Waals surface area contributed by atoms with Gasteiger partial charge in [-0.3, -0.25) is 9.48 Å². The summed E-state index contributed by atoms with van der Waals surface area (Å²) in [4.78, 5) is 15.1. The van der Waals surface area contributed by atoms with Crippen LogP contribution in [0.25, 0.3) is 11.3 Å². The minimum Gasteiger partial charge on any atom is -0.508 e. The number of carbonyl (C=O) groups excluding carboxylic acids is 1. The Kier molecular flexibility index (Phi) is 5.33. The number of hydrogen-bond acceptors (Lipinski definition) is 6. The van der Waals surface area contributed by atoms with E-state index < -0.39 is 0 Å². The van der Waals surface area contributed by atoms with Gasteiger partial charge in [0.1, 0.15) is 28.6 Å². The van der Waals surface area contributed by atoms with Crippen molar-refractivity contribution in [1.29, 1.82) is 0 Å². The van der Waals surface area contributed by atoms with Crippen molar-refractivity contribution in [3.05, 3.63) is 83.4 Å². The van der Waals surface area contributed by atoms with Gasteiger partial charge in [-0.1, -0.05) is 36.4 Å². The van der Waals surface area contributed by atoms with Crippen LogP contribution in [0.2, 0.25) is 0 Å². The second-order valence-corrected chi connectivity index (χ2v) is 8.21. The summed E-state index contributed by atoms with van der Waals surface area (Å²) in [5, 5.41) is 28.5. The molecule has 1 aromatic heterocycles. The lowest BCUT2D eigenvalue weighted by molar-refractivity contribution is 0.0749. The van der Waals surface area contributed by atoms with Crippen LogP contribution < -0.4 is 10.1 Å². The third-order valence-corrected chi connectivity index (χ3v) is 5.95. The minimum atomic E-state index is -0.327. The molecule has 0 saturated heterocycles. The summed E-state index contributed by atoms with van der Waals surface area (Å²) in [7, 11) is 3.38. The van der Waals surface area contributed by atoms with E-state index >= 15 is 0 Å². The number of phenolic OH excluding ortho intramolecular Hbond substituents is 2. The summed E-state index contributed by atoms with van der Waals surface area (Å²) in [6.45, 7) is 0.918. The van der Waals surface area contributed by atoms with E-state index in [2.05, 4.69) is 10.4 Å². The molecule has 3 N–H and O–H groups in total. The van der Waals surface area contributed by atoms with Gasteiger partial charge in [0.05, 0.1) is 18.5 Å². The van der Waals surface area contributed by atoms with Crippen LogP contribution in [0.3, 0.4) is 0 Å². The summed E-state index contributed by atoms with van der Waals surface area (Å²) in [5.74, 6) is 0.526. The van der Waals surface area contributed by atoms with E-state index in [1.54, 1.807) is 23.7 Å². The number of hydrogen-bond donors (Lipinski definition) is 3. The van der Waals surface area contributed by atoms with Crippen LogP contribution in [0.15, 0.2) is 66.7 Å². The van der Waals surface area contributed by atoms with Crippen LogP contribution in [-0.2, 0) is 20.1 Å². The van der Waals surface area contributed by atoms with Crippen molar-refractivity contribution in [3.8, 4) is 28.5 Å². The third kappa shape index (κ3) is 3.90. The molecule has 1 aliphatic rings. The maximum Gasteiger partial charge on any atom is 0.260 e. The number of aryl methyl sites for hydroxylation is 1. The van der Waals surface area contributed by atoms with Crippen molar-refractivity contribution in [3.63, 3.8) is 0 Å². The van der Waals surface area contributed by atoms with Gasteiger partial charge in [-0.2, -0.15) is 5.10 Å². The highest BCUT2D eigenvalue weighted by Crippen LogP contribution is 2.36. The van der Waals surface area contributed by atoms with E-state index in [1.165, 1.54) is 12.1 Å². The zero-order chi connectivity index (χ0) is 23.8. The van der Waals surface area contributed by atoms with Crippen LogP contribution in [0, 0.1) is 0 Å². The summed E-state index contributed by atoms with van der Waals surface area (Å²) < 4.78 is 6.94. The molecule has 0 radical (unpaired) electrons. The SMILES string of the molecule is COc1cccc(-c2cc(Nc3cc(O)cc(O)c3C(=O)N3Cc4ccccc4C3)n(C)n2)c1. The van der Waals surface area contributed by atoms with Crippen LogP contribution in [0.1, 0.15) is 21.5 Å². The van der Waals surface area contributed by atoms with E-state index in [0.717, 1.165) is 22.4 Å². The monoisotopic (exact) mass is 456 g/mol. The molecule has 0 aliphatic carbocycles. The molecule has 0 bridgehead atoms. The summed E-state index contributed by atoms with van der Waals surface area (Å²) >= 11 is 0. The Bertz CT molecular complexity index is 1370. The molecule has 2 heterocycles. The van der Waals surface area contributed by atoms with Gasteiger partial charge in [0.15, 0.2) is 0 Å². The molecule has 8 heteroatoms. The van der Waals surface area contributed by atoms with Gasteiger partial charge >= 0.3 is 0 Å². The average molecular weight is 457 g/mol. The quantitative estimate of drug-likeness (QED) is 0.412. The Morgan fingerprint density at radius 3 is 2.44 bits per heavy atom. The highest BCUT2D eigenvalue weighted by molar-refractivity contribution is 6.03. The summed E-state index contributed by atoms with van der Waals surface area (Å²) in [6, 6.07) is 19.9. The molecule has 8 nitrogen and oxygen atoms in total. The number of methoxy groups -OCH3 is 1. The first-order valence-corrected chi connectivity index (χ1v) is 10.8. The van der Waals surface area contributed by atoms with Gasteiger partial charge in [0.25, 0.3) is 5.91 Å². The second-order valence-electron chi connectivity index (χ2n) is 8.21. The highest BCUT2D eigenvalue weighted by Gasteiger charge is 2.28. The molecule has 0 fully saturated rings. The zero-order valence-electron chi connectivity index (χ0n) is 18.8. The number of aromatic hydroxyl groups is 2. The minimum absolute atomic E-state index is 0.0923. The number of benzene rings is 3. The third-order valence-electron chi connectivity index (χ3n) is 5.95. The number of fused-ring (bicyclic) bond motifs is 1. The van der Waals surface area contributed by atoms with Crippen molar-refractivity contribution in [2.75, 3.05) is 12.4 Å². The number of anilines is 2. The molecule has 5 rings (SSSR count). The predicted molar refractivity (Wildman–Crippen MR) is 128 cm³/mol. The molecule has 1 aliphatic heterocycles. The molecule has 1 amide bonds. The first-order valence-electron chi connectivity index (χ1n) is 10.8. The molecule has 0 saturated carbocycles. The molecule has 0 spiro atoms.